The molecule has 1 aliphatic rings. The van der Waals surface area contributed by atoms with E-state index in [0.717, 1.165) is 11.1 Å². The van der Waals surface area contributed by atoms with E-state index in [-0.39, 0.29) is 23.5 Å². The normalized spacial score (nSPS) is 21.3. The summed E-state index contributed by atoms with van der Waals surface area (Å²) < 4.78 is 12.9. The Morgan fingerprint density at radius 1 is 1.00 bits per heavy atom. The van der Waals surface area contributed by atoms with E-state index in [0.29, 0.717) is 32.2 Å². The van der Waals surface area contributed by atoms with Crippen LogP contribution >= 0.6 is 0 Å². The third kappa shape index (κ3) is 5.63. The Kier molecular flexibility index (Phi) is 6.76. The molecule has 1 aliphatic carbocycles. The second-order valence-electron chi connectivity index (χ2n) is 7.24. The first kappa shape index (κ1) is 20.0. The van der Waals surface area contributed by atoms with Gasteiger partial charge in [0.25, 0.3) is 0 Å². The molecule has 3 atom stereocenters. The standard InChI is InChI=1S/C22H25FN2O3/c23-18-9-6-16(7-10-18)14-24-22(28)17-12-19(20(26)13-17)25-21(27)11-8-15-4-2-1-3-5-15/h1-7,9-10,17,19-20,26H,8,11-14H2,(H,24,28)(H,25,27)/t17-,19+,20+/m0/s1. The molecule has 6 heteroatoms. The number of nitrogens with one attached hydrogen (secondary N) is 2. The van der Waals surface area contributed by atoms with E-state index in [9.17, 15) is 19.1 Å². The summed E-state index contributed by atoms with van der Waals surface area (Å²) in [5.74, 6) is -0.959. The van der Waals surface area contributed by atoms with Crippen molar-refractivity contribution in [2.24, 2.45) is 5.92 Å². The SMILES string of the molecule is O=C(CCc1ccccc1)N[C@@H]1C[C@H](C(=O)NCc2ccc(F)cc2)C[C@H]1O. The Balaban J connectivity index is 1.43. The topological polar surface area (TPSA) is 78.4 Å². The number of carbonyl (C=O) groups is 2. The zero-order chi connectivity index (χ0) is 19.9. The van der Waals surface area contributed by atoms with Crippen molar-refractivity contribution in [3.63, 3.8) is 0 Å². The fourth-order valence-electron chi connectivity index (χ4n) is 3.50. The van der Waals surface area contributed by atoms with Gasteiger partial charge in [0, 0.05) is 18.9 Å². The van der Waals surface area contributed by atoms with Gasteiger partial charge in [-0.05, 0) is 42.5 Å². The van der Waals surface area contributed by atoms with Crippen LogP contribution in [0.3, 0.4) is 0 Å². The molecule has 0 spiro atoms. The van der Waals surface area contributed by atoms with Crippen molar-refractivity contribution >= 4 is 11.8 Å². The molecule has 3 rings (SSSR count). The van der Waals surface area contributed by atoms with Crippen LogP contribution in [0.5, 0.6) is 0 Å². The Hall–Kier alpha value is -2.73. The van der Waals surface area contributed by atoms with Gasteiger partial charge < -0.3 is 15.7 Å². The van der Waals surface area contributed by atoms with Crippen LogP contribution in [0.15, 0.2) is 54.6 Å². The summed E-state index contributed by atoms with van der Waals surface area (Å²) in [6, 6.07) is 15.3. The number of hydrogen-bond acceptors (Lipinski definition) is 3. The average Bonchev–Trinajstić information content (AvgIpc) is 3.07. The van der Waals surface area contributed by atoms with E-state index in [1.165, 1.54) is 12.1 Å². The fraction of sp³-hybridized carbons (Fsp3) is 0.364. The van der Waals surface area contributed by atoms with Crippen LogP contribution in [0.4, 0.5) is 4.39 Å². The van der Waals surface area contributed by atoms with E-state index >= 15 is 0 Å². The maximum Gasteiger partial charge on any atom is 0.223 e. The predicted molar refractivity (Wildman–Crippen MR) is 104 cm³/mol. The summed E-state index contributed by atoms with van der Waals surface area (Å²) >= 11 is 0. The maximum atomic E-state index is 12.9. The van der Waals surface area contributed by atoms with E-state index in [1.54, 1.807) is 12.1 Å². The molecule has 0 saturated heterocycles. The Morgan fingerprint density at radius 3 is 2.43 bits per heavy atom. The van der Waals surface area contributed by atoms with Crippen molar-refractivity contribution in [1.29, 1.82) is 0 Å². The molecule has 2 aromatic rings. The van der Waals surface area contributed by atoms with E-state index in [1.807, 2.05) is 30.3 Å². The first-order valence-electron chi connectivity index (χ1n) is 9.55. The fourth-order valence-corrected chi connectivity index (χ4v) is 3.50. The quantitative estimate of drug-likeness (QED) is 0.686. The van der Waals surface area contributed by atoms with E-state index < -0.39 is 12.1 Å². The molecule has 1 saturated carbocycles. The minimum atomic E-state index is -0.734. The highest BCUT2D eigenvalue weighted by molar-refractivity contribution is 5.80. The molecule has 0 bridgehead atoms. The molecule has 3 N–H and O–H groups in total. The smallest absolute Gasteiger partial charge is 0.223 e. The molecular formula is C22H25FN2O3. The van der Waals surface area contributed by atoms with Gasteiger partial charge in [-0.1, -0.05) is 42.5 Å². The van der Waals surface area contributed by atoms with Crippen LogP contribution in [0, 0.1) is 11.7 Å². The molecule has 0 aliphatic heterocycles. The molecule has 1 fully saturated rings. The lowest BCUT2D eigenvalue weighted by Crippen LogP contribution is -2.40. The van der Waals surface area contributed by atoms with Gasteiger partial charge in [0.15, 0.2) is 0 Å². The number of aliphatic hydroxyl groups is 1. The number of carbonyl (C=O) groups excluding carboxylic acids is 2. The number of amides is 2. The summed E-state index contributed by atoms with van der Waals surface area (Å²) in [6.07, 6.45) is 0.972. The first-order chi connectivity index (χ1) is 13.5. The van der Waals surface area contributed by atoms with Gasteiger partial charge in [0.05, 0.1) is 12.1 Å². The van der Waals surface area contributed by atoms with Gasteiger partial charge in [-0.15, -0.1) is 0 Å². The third-order valence-electron chi connectivity index (χ3n) is 5.11. The van der Waals surface area contributed by atoms with Crippen molar-refractivity contribution in [3.8, 4) is 0 Å². The van der Waals surface area contributed by atoms with Crippen LogP contribution in [-0.4, -0.2) is 29.1 Å². The largest absolute Gasteiger partial charge is 0.391 e. The number of hydrogen-bond donors (Lipinski definition) is 3. The molecular weight excluding hydrogens is 359 g/mol. The summed E-state index contributed by atoms with van der Waals surface area (Å²) in [7, 11) is 0. The maximum absolute atomic E-state index is 12.9. The summed E-state index contributed by atoms with van der Waals surface area (Å²) in [6.45, 7) is 0.305. The number of aryl methyl sites for hydroxylation is 1. The summed E-state index contributed by atoms with van der Waals surface area (Å²) in [5, 5.41) is 15.9. The van der Waals surface area contributed by atoms with Gasteiger partial charge in [-0.3, -0.25) is 9.59 Å². The molecule has 28 heavy (non-hydrogen) atoms. The highest BCUT2D eigenvalue weighted by Crippen LogP contribution is 2.26. The average molecular weight is 384 g/mol. The number of rotatable bonds is 7. The lowest BCUT2D eigenvalue weighted by atomic mass is 10.1. The summed E-state index contributed by atoms with van der Waals surface area (Å²) in [5.41, 5.74) is 1.89. The molecule has 0 radical (unpaired) electrons. The van der Waals surface area contributed by atoms with Crippen LogP contribution in [0.2, 0.25) is 0 Å². The van der Waals surface area contributed by atoms with Crippen molar-refractivity contribution in [2.75, 3.05) is 0 Å². The Bertz CT molecular complexity index is 795. The van der Waals surface area contributed by atoms with Gasteiger partial charge in [-0.2, -0.15) is 0 Å². The molecule has 5 nitrogen and oxygen atoms in total. The zero-order valence-electron chi connectivity index (χ0n) is 15.6. The van der Waals surface area contributed by atoms with Crippen molar-refractivity contribution < 1.29 is 19.1 Å². The van der Waals surface area contributed by atoms with Gasteiger partial charge in [-0.25, -0.2) is 4.39 Å². The second-order valence-corrected chi connectivity index (χ2v) is 7.24. The predicted octanol–water partition coefficient (Wildman–Crippen LogP) is 2.33. The monoisotopic (exact) mass is 384 g/mol. The van der Waals surface area contributed by atoms with Crippen molar-refractivity contribution in [1.82, 2.24) is 10.6 Å². The van der Waals surface area contributed by atoms with Gasteiger partial charge >= 0.3 is 0 Å². The van der Waals surface area contributed by atoms with Crippen LogP contribution in [-0.2, 0) is 22.6 Å². The van der Waals surface area contributed by atoms with Crippen molar-refractivity contribution in [3.05, 3.63) is 71.5 Å². The lowest BCUT2D eigenvalue weighted by molar-refractivity contribution is -0.125. The molecule has 0 unspecified atom stereocenters. The van der Waals surface area contributed by atoms with Crippen LogP contribution < -0.4 is 10.6 Å². The Morgan fingerprint density at radius 2 is 1.71 bits per heavy atom. The van der Waals surface area contributed by atoms with Gasteiger partial charge in [0.1, 0.15) is 5.82 Å². The molecule has 2 amide bonds. The number of benzene rings is 2. The molecule has 0 heterocycles. The van der Waals surface area contributed by atoms with Crippen LogP contribution in [0.1, 0.15) is 30.4 Å². The minimum absolute atomic E-state index is 0.125. The highest BCUT2D eigenvalue weighted by Gasteiger charge is 2.37. The molecule has 0 aromatic heterocycles. The van der Waals surface area contributed by atoms with Crippen molar-refractivity contribution in [2.45, 2.75) is 44.4 Å². The first-order valence-corrected chi connectivity index (χ1v) is 9.55. The number of aliphatic hydroxyl groups excluding tert-OH is 1. The molecule has 148 valence electrons. The molecule has 2 aromatic carbocycles. The highest BCUT2D eigenvalue weighted by atomic mass is 19.1. The van der Waals surface area contributed by atoms with Gasteiger partial charge in [0.2, 0.25) is 11.8 Å². The second kappa shape index (κ2) is 9.46. The van der Waals surface area contributed by atoms with E-state index in [4.69, 9.17) is 0 Å². The summed E-state index contributed by atoms with van der Waals surface area (Å²) in [4.78, 5) is 24.5. The minimum Gasteiger partial charge on any atom is -0.391 e. The Labute approximate surface area is 164 Å². The lowest BCUT2D eigenvalue weighted by Gasteiger charge is -2.16. The zero-order valence-corrected chi connectivity index (χ0v) is 15.6. The van der Waals surface area contributed by atoms with Crippen LogP contribution in [0.25, 0.3) is 0 Å². The van der Waals surface area contributed by atoms with E-state index in [2.05, 4.69) is 10.6 Å². The number of halogens is 1. The third-order valence-corrected chi connectivity index (χ3v) is 5.11.